The quantitative estimate of drug-likeness (QED) is 0.339. The van der Waals surface area contributed by atoms with E-state index in [1.165, 1.54) is 18.7 Å². The van der Waals surface area contributed by atoms with E-state index >= 15 is 0 Å². The van der Waals surface area contributed by atoms with Gasteiger partial charge in [0.1, 0.15) is 5.30 Å². The fourth-order valence-corrected chi connectivity index (χ4v) is 8.33. The predicted octanol–water partition coefficient (Wildman–Crippen LogP) is 7.74. The van der Waals surface area contributed by atoms with Gasteiger partial charge in [-0.1, -0.05) is 50.2 Å². The van der Waals surface area contributed by atoms with E-state index in [2.05, 4.69) is 75.4 Å². The molecule has 0 bridgehead atoms. The van der Waals surface area contributed by atoms with Crippen molar-refractivity contribution < 1.29 is 25.2 Å². The summed E-state index contributed by atoms with van der Waals surface area (Å²) < 4.78 is 59.2. The molecule has 0 aromatic heterocycles. The summed E-state index contributed by atoms with van der Waals surface area (Å²) in [6.07, 6.45) is 3.95. The van der Waals surface area contributed by atoms with Crippen LogP contribution < -0.4 is 10.6 Å². The van der Waals surface area contributed by atoms with Crippen molar-refractivity contribution in [2.24, 2.45) is 0 Å². The molecule has 0 amide bonds. The summed E-state index contributed by atoms with van der Waals surface area (Å²) in [5.74, 6) is 0. The van der Waals surface area contributed by atoms with Crippen molar-refractivity contribution in [2.45, 2.75) is 32.6 Å². The maximum atomic E-state index is 9.87. The van der Waals surface area contributed by atoms with Crippen LogP contribution in [0.5, 0.6) is 0 Å². The van der Waals surface area contributed by atoms with E-state index in [1.54, 1.807) is 16.2 Å². The number of rotatable bonds is 2. The van der Waals surface area contributed by atoms with Gasteiger partial charge >= 0.3 is 33.0 Å². The topological polar surface area (TPSA) is 0 Å². The number of halogens is 6. The van der Waals surface area contributed by atoms with Crippen molar-refractivity contribution in [1.82, 2.24) is 0 Å². The first-order valence-corrected chi connectivity index (χ1v) is 12.8. The zero-order chi connectivity index (χ0) is 20.6. The first-order chi connectivity index (χ1) is 12.0. The van der Waals surface area contributed by atoms with Crippen LogP contribution >= 0.6 is 15.1 Å². The van der Waals surface area contributed by atoms with Gasteiger partial charge in [-0.2, -0.15) is 0 Å². The zero-order valence-corrected chi connectivity index (χ0v) is 17.3. The van der Waals surface area contributed by atoms with Gasteiger partial charge in [0.05, 0.1) is 24.9 Å². The normalized spacial score (nSPS) is 23.9. The molecule has 2 aromatic carbocycles. The Labute approximate surface area is 156 Å². The second-order valence-corrected chi connectivity index (χ2v) is 13.4. The molecule has 2 aromatic rings. The molecule has 1 aliphatic rings. The predicted molar refractivity (Wildman–Crippen MR) is 106 cm³/mol. The Morgan fingerprint density at radius 1 is 0.852 bits per heavy atom. The third-order valence-corrected chi connectivity index (χ3v) is 9.67. The molecule has 0 spiro atoms. The van der Waals surface area contributed by atoms with E-state index in [1.807, 2.05) is 0 Å². The van der Waals surface area contributed by atoms with Crippen LogP contribution in [-0.4, -0.2) is 12.3 Å². The summed E-state index contributed by atoms with van der Waals surface area (Å²) in [5, 5.41) is 3.25. The van der Waals surface area contributed by atoms with Crippen LogP contribution in [0, 0.1) is 0 Å². The third kappa shape index (κ3) is 6.19. The SMILES string of the molecule is CC[P+]1(c2ccccc2)CCC(C)(C)c2ccccc21.F[P-](F)(F)(F)(F)F. The minimum absolute atomic E-state index is 0.323. The van der Waals surface area contributed by atoms with Crippen molar-refractivity contribution in [3.05, 3.63) is 60.2 Å². The molecule has 1 atom stereocenters. The molecule has 0 saturated carbocycles. The number of hydrogen-bond donors (Lipinski definition) is 0. The molecule has 0 N–H and O–H groups in total. The summed E-state index contributed by atoms with van der Waals surface area (Å²) in [4.78, 5) is 0. The Morgan fingerprint density at radius 3 is 1.85 bits per heavy atom. The van der Waals surface area contributed by atoms with E-state index in [9.17, 15) is 25.2 Å². The monoisotopic (exact) mass is 428 g/mol. The molecule has 0 saturated heterocycles. The number of fused-ring (bicyclic) bond motifs is 1. The standard InChI is InChI=1S/C19H24P.F6P/c1-4-20(16-10-6-5-7-11-16)15-14-19(2,3)17-12-8-9-13-18(17)20;1-7(2,3,4,5)6/h5-13H,4,14-15H2,1-3H3;/q+1;-1. The summed E-state index contributed by atoms with van der Waals surface area (Å²) >= 11 is 0. The zero-order valence-electron chi connectivity index (χ0n) is 15.5. The van der Waals surface area contributed by atoms with Crippen LogP contribution in [0.4, 0.5) is 25.2 Å². The van der Waals surface area contributed by atoms with Gasteiger partial charge in [-0.3, -0.25) is 0 Å². The molecular weight excluding hydrogens is 404 g/mol. The summed E-state index contributed by atoms with van der Waals surface area (Å²) in [6.45, 7) is 7.19. The van der Waals surface area contributed by atoms with Crippen molar-refractivity contribution in [2.75, 3.05) is 12.3 Å². The average Bonchev–Trinajstić information content (AvgIpc) is 2.54. The Balaban J connectivity index is 0.000000321. The molecule has 27 heavy (non-hydrogen) atoms. The van der Waals surface area contributed by atoms with E-state index in [4.69, 9.17) is 0 Å². The van der Waals surface area contributed by atoms with Crippen LogP contribution in [-0.2, 0) is 5.41 Å². The molecule has 0 fully saturated rings. The van der Waals surface area contributed by atoms with Gasteiger partial charge in [0.2, 0.25) is 0 Å². The van der Waals surface area contributed by atoms with Gasteiger partial charge in [0, 0.05) is 5.56 Å². The fourth-order valence-electron chi connectivity index (χ4n) is 3.64. The average molecular weight is 428 g/mol. The number of benzene rings is 2. The van der Waals surface area contributed by atoms with Crippen molar-refractivity contribution in [1.29, 1.82) is 0 Å². The summed E-state index contributed by atoms with van der Waals surface area (Å²) in [6, 6.07) is 20.5. The first-order valence-electron chi connectivity index (χ1n) is 8.64. The van der Waals surface area contributed by atoms with Crippen molar-refractivity contribution >= 4 is 25.7 Å². The third-order valence-electron chi connectivity index (χ3n) is 5.00. The van der Waals surface area contributed by atoms with Crippen molar-refractivity contribution in [3.8, 4) is 0 Å². The molecule has 1 unspecified atom stereocenters. The molecule has 152 valence electrons. The Hall–Kier alpha value is -1.12. The maximum absolute atomic E-state index is 10.7. The molecule has 1 aliphatic heterocycles. The first kappa shape index (κ1) is 22.2. The van der Waals surface area contributed by atoms with Crippen LogP contribution in [0.3, 0.4) is 0 Å². The van der Waals surface area contributed by atoms with Crippen LogP contribution in [0.25, 0.3) is 0 Å². The molecule has 0 radical (unpaired) electrons. The second kappa shape index (κ2) is 6.46. The Kier molecular flexibility index (Phi) is 5.30. The second-order valence-electron chi connectivity index (χ2n) is 7.45. The fraction of sp³-hybridized carbons (Fsp3) is 0.368. The van der Waals surface area contributed by atoms with Gasteiger partial charge in [0.15, 0.2) is 0 Å². The molecule has 8 heteroatoms. The summed E-state index contributed by atoms with van der Waals surface area (Å²) in [5.41, 5.74) is 1.91. The molecule has 1 heterocycles. The van der Waals surface area contributed by atoms with Crippen LogP contribution in [0.2, 0.25) is 0 Å². The van der Waals surface area contributed by atoms with Gasteiger partial charge < -0.3 is 0 Å². The number of hydrogen-bond acceptors (Lipinski definition) is 0. The molecular formula is C19H24F6P2. The van der Waals surface area contributed by atoms with E-state index in [0.29, 0.717) is 5.41 Å². The summed E-state index contributed by atoms with van der Waals surface area (Å²) in [7, 11) is -11.9. The minimum atomic E-state index is -10.7. The molecule has 0 nitrogen and oxygen atoms in total. The van der Waals surface area contributed by atoms with Gasteiger partial charge in [-0.15, -0.1) is 0 Å². The Morgan fingerprint density at radius 2 is 1.33 bits per heavy atom. The van der Waals surface area contributed by atoms with E-state index in [0.717, 1.165) is 0 Å². The van der Waals surface area contributed by atoms with Crippen LogP contribution in [0.15, 0.2) is 54.6 Å². The Bertz CT molecular complexity index is 788. The van der Waals surface area contributed by atoms with E-state index < -0.39 is 15.1 Å². The van der Waals surface area contributed by atoms with E-state index in [-0.39, 0.29) is 0 Å². The van der Waals surface area contributed by atoms with Gasteiger partial charge in [-0.25, -0.2) is 0 Å². The van der Waals surface area contributed by atoms with Gasteiger partial charge in [-0.05, 0) is 37.0 Å². The van der Waals surface area contributed by atoms with Crippen molar-refractivity contribution in [3.63, 3.8) is 0 Å². The van der Waals surface area contributed by atoms with Crippen LogP contribution in [0.1, 0.15) is 32.8 Å². The van der Waals surface area contributed by atoms with Gasteiger partial charge in [0.25, 0.3) is 0 Å². The molecule has 0 aliphatic carbocycles. The molecule has 3 rings (SSSR count).